The monoisotopic (exact) mass is 407 g/mol. The lowest BCUT2D eigenvalue weighted by Gasteiger charge is -2.01. The molecule has 0 aromatic heterocycles. The van der Waals surface area contributed by atoms with Crippen molar-refractivity contribution >= 4 is 6.03 Å². The summed E-state index contributed by atoms with van der Waals surface area (Å²) in [7, 11) is 0. The third-order valence-electron chi connectivity index (χ3n) is 3.30. The summed E-state index contributed by atoms with van der Waals surface area (Å²) in [5.41, 5.74) is 10.1. The standard InChI is InChI=1S/C5H13N.3C5H12.C4H10N2O.H2/c1-3-4-5(2)6;3*1-3-5-4-2;1-3(2)6-4(5)7;/h5H,3-4,6H2,1-2H3;3*3-5H2,1-2H3;3H,1-2H3,(H3,5,6,7);1H. The Hall–Kier alpha value is -0.770. The molecule has 0 saturated heterocycles. The lowest BCUT2D eigenvalue weighted by atomic mass is 10.2. The summed E-state index contributed by atoms with van der Waals surface area (Å²) in [5, 5.41) is 2.44. The molecule has 0 rings (SSSR count). The van der Waals surface area contributed by atoms with E-state index in [9.17, 15) is 4.79 Å². The van der Waals surface area contributed by atoms with Gasteiger partial charge in [-0.2, -0.15) is 0 Å². The number of nitrogens with two attached hydrogens (primary N) is 2. The Balaban J connectivity index is -0.0000000569. The van der Waals surface area contributed by atoms with Gasteiger partial charge in [-0.1, -0.05) is 113 Å². The second-order valence-corrected chi connectivity index (χ2v) is 7.49. The third kappa shape index (κ3) is 99.0. The van der Waals surface area contributed by atoms with Gasteiger partial charge in [-0.3, -0.25) is 0 Å². The number of primary amides is 1. The number of carbonyl (C=O) groups excluding carboxylic acids is 1. The zero-order valence-corrected chi connectivity index (χ0v) is 21.5. The maximum atomic E-state index is 9.92. The van der Waals surface area contributed by atoms with Crippen LogP contribution in [0.1, 0.15) is 141 Å². The molecular formula is C24H61N3O. The highest BCUT2D eigenvalue weighted by molar-refractivity contribution is 5.71. The summed E-state index contributed by atoms with van der Waals surface area (Å²) in [6.45, 7) is 21.1. The van der Waals surface area contributed by atoms with Crippen LogP contribution in [0.4, 0.5) is 4.79 Å². The van der Waals surface area contributed by atoms with Crippen molar-refractivity contribution in [2.24, 2.45) is 11.5 Å². The summed E-state index contributed by atoms with van der Waals surface area (Å²) in [6.07, 6.45) is 14.6. The molecule has 4 nitrogen and oxygen atoms in total. The fourth-order valence-electron chi connectivity index (χ4n) is 1.80. The minimum atomic E-state index is -0.463. The van der Waals surface area contributed by atoms with Crippen molar-refractivity contribution in [2.75, 3.05) is 0 Å². The van der Waals surface area contributed by atoms with Crippen LogP contribution >= 0.6 is 0 Å². The third-order valence-corrected chi connectivity index (χ3v) is 3.30. The highest BCUT2D eigenvalue weighted by Gasteiger charge is 1.91. The van der Waals surface area contributed by atoms with Crippen LogP contribution in [-0.4, -0.2) is 18.1 Å². The van der Waals surface area contributed by atoms with Gasteiger partial charge in [-0.25, -0.2) is 4.79 Å². The van der Waals surface area contributed by atoms with Crippen molar-refractivity contribution in [1.29, 1.82) is 0 Å². The molecule has 0 heterocycles. The van der Waals surface area contributed by atoms with Crippen molar-refractivity contribution in [3.05, 3.63) is 0 Å². The Morgan fingerprint density at radius 2 is 1.00 bits per heavy atom. The van der Waals surface area contributed by atoms with Gasteiger partial charge in [0.05, 0.1) is 0 Å². The molecule has 0 aliphatic heterocycles. The molecular weight excluding hydrogens is 346 g/mol. The molecule has 0 aliphatic rings. The van der Waals surface area contributed by atoms with Crippen LogP contribution in [-0.2, 0) is 0 Å². The van der Waals surface area contributed by atoms with Crippen LogP contribution in [0.15, 0.2) is 0 Å². The fraction of sp³-hybridized carbons (Fsp3) is 0.958. The number of amides is 2. The van der Waals surface area contributed by atoms with Gasteiger partial charge in [0.25, 0.3) is 0 Å². The Labute approximate surface area is 181 Å². The van der Waals surface area contributed by atoms with Gasteiger partial charge in [-0.05, 0) is 27.2 Å². The number of hydrogen-bond acceptors (Lipinski definition) is 2. The van der Waals surface area contributed by atoms with E-state index in [1.165, 1.54) is 64.2 Å². The zero-order valence-electron chi connectivity index (χ0n) is 21.5. The van der Waals surface area contributed by atoms with E-state index in [1.54, 1.807) is 0 Å². The molecule has 178 valence electrons. The Morgan fingerprint density at radius 1 is 0.714 bits per heavy atom. The predicted molar refractivity (Wildman–Crippen MR) is 134 cm³/mol. The summed E-state index contributed by atoms with van der Waals surface area (Å²) in [5.74, 6) is 0. The molecule has 2 amide bonds. The van der Waals surface area contributed by atoms with Gasteiger partial charge in [0, 0.05) is 13.5 Å². The maximum Gasteiger partial charge on any atom is 0.312 e. The van der Waals surface area contributed by atoms with Gasteiger partial charge in [-0.15, -0.1) is 0 Å². The quantitative estimate of drug-likeness (QED) is 0.361. The summed E-state index contributed by atoms with van der Waals surface area (Å²) < 4.78 is 0. The molecule has 4 heteroatoms. The molecule has 28 heavy (non-hydrogen) atoms. The number of urea groups is 1. The summed E-state index contributed by atoms with van der Waals surface area (Å²) in [6, 6.07) is 0.0856. The highest BCUT2D eigenvalue weighted by Crippen LogP contribution is 1.89. The SMILES string of the molecule is CC(C)NC(N)=O.CCCC(C)N.CCCCC.CCCCC.CCCCC.[HH]. The van der Waals surface area contributed by atoms with E-state index < -0.39 is 6.03 Å². The van der Waals surface area contributed by atoms with E-state index in [1.807, 2.05) is 20.8 Å². The predicted octanol–water partition coefficient (Wildman–Crippen LogP) is 8.03. The maximum absolute atomic E-state index is 9.92. The first-order valence-corrected chi connectivity index (χ1v) is 12.0. The van der Waals surface area contributed by atoms with Crippen LogP contribution in [0.25, 0.3) is 0 Å². The highest BCUT2D eigenvalue weighted by atomic mass is 16.2. The first-order chi connectivity index (χ1) is 13.1. The molecule has 1 unspecified atom stereocenters. The zero-order chi connectivity index (χ0) is 23.2. The van der Waals surface area contributed by atoms with Gasteiger partial charge in [0.2, 0.25) is 0 Å². The second kappa shape index (κ2) is 40.8. The van der Waals surface area contributed by atoms with E-state index in [0.29, 0.717) is 6.04 Å². The lowest BCUT2D eigenvalue weighted by molar-refractivity contribution is 0.247. The van der Waals surface area contributed by atoms with Crippen molar-refractivity contribution in [3.63, 3.8) is 0 Å². The topological polar surface area (TPSA) is 81.1 Å². The van der Waals surface area contributed by atoms with Crippen LogP contribution < -0.4 is 16.8 Å². The Morgan fingerprint density at radius 3 is 1.00 bits per heavy atom. The molecule has 0 aliphatic carbocycles. The second-order valence-electron chi connectivity index (χ2n) is 7.49. The largest absolute Gasteiger partial charge is 0.352 e. The number of unbranched alkanes of at least 4 members (excludes halogenated alkanes) is 6. The smallest absolute Gasteiger partial charge is 0.312 e. The van der Waals surface area contributed by atoms with E-state index in [2.05, 4.69) is 53.8 Å². The molecule has 1 atom stereocenters. The van der Waals surface area contributed by atoms with Crippen LogP contribution in [0.5, 0.6) is 0 Å². The number of rotatable bonds is 9. The molecule has 0 aromatic carbocycles. The number of hydrogen-bond donors (Lipinski definition) is 3. The average Bonchev–Trinajstić information content (AvgIpc) is 2.58. The lowest BCUT2D eigenvalue weighted by Crippen LogP contribution is -2.34. The van der Waals surface area contributed by atoms with E-state index in [-0.39, 0.29) is 7.47 Å². The minimum absolute atomic E-state index is 0. The first kappa shape index (κ1) is 37.9. The molecule has 0 aromatic rings. The van der Waals surface area contributed by atoms with Crippen molar-refractivity contribution in [1.82, 2.24) is 5.32 Å². The number of nitrogens with one attached hydrogen (secondary N) is 1. The summed E-state index contributed by atoms with van der Waals surface area (Å²) >= 11 is 0. The molecule has 5 N–H and O–H groups in total. The molecule has 0 bridgehead atoms. The van der Waals surface area contributed by atoms with Crippen molar-refractivity contribution in [2.45, 2.75) is 152 Å². The first-order valence-electron chi connectivity index (χ1n) is 12.0. The molecule has 0 spiro atoms. The van der Waals surface area contributed by atoms with E-state index in [4.69, 9.17) is 11.5 Å². The van der Waals surface area contributed by atoms with Crippen LogP contribution in [0, 0.1) is 0 Å². The Kier molecular flexibility index (Phi) is 55.2. The van der Waals surface area contributed by atoms with Crippen LogP contribution in [0.2, 0.25) is 0 Å². The van der Waals surface area contributed by atoms with Crippen molar-refractivity contribution in [3.8, 4) is 0 Å². The van der Waals surface area contributed by atoms with E-state index in [0.717, 1.165) is 6.42 Å². The van der Waals surface area contributed by atoms with E-state index >= 15 is 0 Å². The Bertz CT molecular complexity index is 218. The normalized spacial score (nSPS) is 9.86. The van der Waals surface area contributed by atoms with Crippen LogP contribution in [0.3, 0.4) is 0 Å². The molecule has 0 radical (unpaired) electrons. The van der Waals surface area contributed by atoms with Gasteiger partial charge in [0.1, 0.15) is 0 Å². The summed E-state index contributed by atoms with van der Waals surface area (Å²) in [4.78, 5) is 9.92. The molecule has 0 saturated carbocycles. The van der Waals surface area contributed by atoms with Crippen molar-refractivity contribution < 1.29 is 6.22 Å². The van der Waals surface area contributed by atoms with Gasteiger partial charge in [0.15, 0.2) is 0 Å². The fourth-order valence-corrected chi connectivity index (χ4v) is 1.80. The number of carbonyl (C=O) groups is 1. The molecule has 0 fully saturated rings. The average molecular weight is 408 g/mol. The van der Waals surface area contributed by atoms with Gasteiger partial charge < -0.3 is 16.8 Å². The minimum Gasteiger partial charge on any atom is -0.352 e. The van der Waals surface area contributed by atoms with Gasteiger partial charge >= 0.3 is 6.03 Å².